The van der Waals surface area contributed by atoms with Gasteiger partial charge in [-0.1, -0.05) is 67.6 Å². The second kappa shape index (κ2) is 11.9. The SMILES string of the molecule is CC=CC1CCC(C2CCC(c3ccc(-c4ccc(-c5ccc(CC)c(F)c5F)cc4)cc3F)CC2)CC1. The van der Waals surface area contributed by atoms with Gasteiger partial charge in [-0.2, -0.15) is 0 Å². The summed E-state index contributed by atoms with van der Waals surface area (Å²) in [6.07, 6.45) is 14.9. The van der Waals surface area contributed by atoms with Crippen molar-refractivity contribution < 1.29 is 13.2 Å². The van der Waals surface area contributed by atoms with E-state index in [4.69, 9.17) is 0 Å². The van der Waals surface area contributed by atoms with Gasteiger partial charge >= 0.3 is 0 Å². The molecule has 0 saturated heterocycles. The van der Waals surface area contributed by atoms with Crippen molar-refractivity contribution >= 4 is 0 Å². The van der Waals surface area contributed by atoms with Crippen molar-refractivity contribution in [2.24, 2.45) is 17.8 Å². The smallest absolute Gasteiger partial charge is 0.166 e. The predicted octanol–water partition coefficient (Wildman–Crippen LogP) is 10.7. The van der Waals surface area contributed by atoms with Crippen molar-refractivity contribution in [2.75, 3.05) is 0 Å². The molecule has 0 N–H and O–H groups in total. The van der Waals surface area contributed by atoms with Gasteiger partial charge in [-0.25, -0.2) is 13.2 Å². The number of rotatable bonds is 6. The van der Waals surface area contributed by atoms with Crippen LogP contribution in [0.2, 0.25) is 0 Å². The second-order valence-electron chi connectivity index (χ2n) is 11.4. The van der Waals surface area contributed by atoms with Crippen LogP contribution in [0.25, 0.3) is 22.3 Å². The lowest BCUT2D eigenvalue weighted by atomic mass is 9.68. The number of allylic oxidation sites excluding steroid dienone is 2. The molecule has 3 aromatic rings. The molecule has 0 heterocycles. The number of aryl methyl sites for hydroxylation is 1. The fourth-order valence-electron chi connectivity index (χ4n) is 6.95. The lowest BCUT2D eigenvalue weighted by molar-refractivity contribution is 0.171. The molecule has 5 rings (SSSR count). The quantitative estimate of drug-likeness (QED) is 0.286. The number of hydrogen-bond donors (Lipinski definition) is 0. The summed E-state index contributed by atoms with van der Waals surface area (Å²) in [5.41, 5.74) is 3.74. The van der Waals surface area contributed by atoms with Crippen molar-refractivity contribution in [1.82, 2.24) is 0 Å². The Labute approximate surface area is 226 Å². The van der Waals surface area contributed by atoms with Crippen molar-refractivity contribution in [3.8, 4) is 22.3 Å². The highest BCUT2D eigenvalue weighted by molar-refractivity contribution is 5.71. The Morgan fingerprint density at radius 2 is 1.29 bits per heavy atom. The van der Waals surface area contributed by atoms with Gasteiger partial charge in [-0.15, -0.1) is 0 Å². The largest absolute Gasteiger partial charge is 0.207 e. The zero-order valence-corrected chi connectivity index (χ0v) is 22.7. The summed E-state index contributed by atoms with van der Waals surface area (Å²) < 4.78 is 44.1. The summed E-state index contributed by atoms with van der Waals surface area (Å²) in [4.78, 5) is 0. The molecule has 0 spiro atoms. The topological polar surface area (TPSA) is 0 Å². The standard InChI is InChI=1S/C35H39F3/c1-3-5-23-6-8-25(9-7-23)26-10-14-28(15-11-26)31-20-19-30(22-33(31)36)27-12-16-29(17-13-27)32-21-18-24(4-2)34(37)35(32)38/h3,5,12-13,16-23,25-26,28H,4,6-11,14-15H2,1-2H3. The predicted molar refractivity (Wildman–Crippen MR) is 152 cm³/mol. The first-order valence-corrected chi connectivity index (χ1v) is 14.5. The number of benzene rings is 3. The maximum Gasteiger partial charge on any atom is 0.166 e. The summed E-state index contributed by atoms with van der Waals surface area (Å²) in [6, 6.07) is 16.1. The first-order valence-electron chi connectivity index (χ1n) is 14.5. The minimum absolute atomic E-state index is 0.134. The third-order valence-electron chi connectivity index (χ3n) is 9.23. The lowest BCUT2D eigenvalue weighted by Crippen LogP contribution is -2.25. The molecule has 0 nitrogen and oxygen atoms in total. The van der Waals surface area contributed by atoms with E-state index in [-0.39, 0.29) is 11.4 Å². The van der Waals surface area contributed by atoms with Gasteiger partial charge in [0.1, 0.15) is 5.82 Å². The van der Waals surface area contributed by atoms with E-state index >= 15 is 4.39 Å². The van der Waals surface area contributed by atoms with Crippen LogP contribution in [0.4, 0.5) is 13.2 Å². The van der Waals surface area contributed by atoms with Gasteiger partial charge in [-0.3, -0.25) is 0 Å². The van der Waals surface area contributed by atoms with E-state index in [2.05, 4.69) is 19.1 Å². The van der Waals surface area contributed by atoms with Gasteiger partial charge in [0, 0.05) is 5.56 Å². The van der Waals surface area contributed by atoms with E-state index in [1.165, 1.54) is 38.5 Å². The number of hydrogen-bond acceptors (Lipinski definition) is 0. The van der Waals surface area contributed by atoms with Crippen LogP contribution < -0.4 is 0 Å². The van der Waals surface area contributed by atoms with Gasteiger partial charge < -0.3 is 0 Å². The molecule has 0 unspecified atom stereocenters. The first-order chi connectivity index (χ1) is 18.5. The molecule has 0 aromatic heterocycles. The van der Waals surface area contributed by atoms with Crippen LogP contribution in [0.5, 0.6) is 0 Å². The molecule has 2 aliphatic carbocycles. The zero-order chi connectivity index (χ0) is 26.6. The third-order valence-corrected chi connectivity index (χ3v) is 9.23. The molecule has 2 fully saturated rings. The molecule has 0 radical (unpaired) electrons. The van der Waals surface area contributed by atoms with Crippen LogP contribution in [0.3, 0.4) is 0 Å². The molecule has 200 valence electrons. The third kappa shape index (κ3) is 5.63. The summed E-state index contributed by atoms with van der Waals surface area (Å²) >= 11 is 0. The maximum atomic E-state index is 15.3. The molecule has 3 heteroatoms. The Bertz CT molecular complexity index is 1260. The van der Waals surface area contributed by atoms with Crippen LogP contribution in [0.1, 0.15) is 82.3 Å². The fraction of sp³-hybridized carbons (Fsp3) is 0.429. The van der Waals surface area contributed by atoms with E-state index in [9.17, 15) is 8.78 Å². The van der Waals surface area contributed by atoms with Gasteiger partial charge in [0.15, 0.2) is 11.6 Å². The maximum absolute atomic E-state index is 15.3. The Hall–Kier alpha value is -2.81. The molecular formula is C35H39F3. The molecular weight excluding hydrogens is 477 g/mol. The summed E-state index contributed by atoms with van der Waals surface area (Å²) in [7, 11) is 0. The van der Waals surface area contributed by atoms with Gasteiger partial charge in [0.05, 0.1) is 0 Å². The van der Waals surface area contributed by atoms with Crippen LogP contribution >= 0.6 is 0 Å². The van der Waals surface area contributed by atoms with Crippen LogP contribution in [0, 0.1) is 35.2 Å². The Balaban J connectivity index is 1.23. The minimum atomic E-state index is -0.816. The highest BCUT2D eigenvalue weighted by Crippen LogP contribution is 2.45. The van der Waals surface area contributed by atoms with Gasteiger partial charge in [0.25, 0.3) is 0 Å². The van der Waals surface area contributed by atoms with Crippen molar-refractivity contribution in [3.63, 3.8) is 0 Å². The Kier molecular flexibility index (Phi) is 8.41. The monoisotopic (exact) mass is 516 g/mol. The molecule has 2 saturated carbocycles. The molecule has 0 aliphatic heterocycles. The molecule has 0 amide bonds. The average Bonchev–Trinajstić information content (AvgIpc) is 2.95. The Morgan fingerprint density at radius 1 is 0.684 bits per heavy atom. The fourth-order valence-corrected chi connectivity index (χ4v) is 6.95. The van der Waals surface area contributed by atoms with E-state index in [1.54, 1.807) is 37.3 Å². The normalized spacial score (nSPS) is 24.1. The number of halogens is 3. The molecule has 0 atom stereocenters. The first kappa shape index (κ1) is 26.8. The summed E-state index contributed by atoms with van der Waals surface area (Å²) in [5.74, 6) is 0.988. The highest BCUT2D eigenvalue weighted by atomic mass is 19.2. The summed E-state index contributed by atoms with van der Waals surface area (Å²) in [5, 5.41) is 0. The van der Waals surface area contributed by atoms with Crippen LogP contribution in [-0.2, 0) is 6.42 Å². The van der Waals surface area contributed by atoms with Gasteiger partial charge in [-0.05, 0) is 122 Å². The Morgan fingerprint density at radius 3 is 1.89 bits per heavy atom. The van der Waals surface area contributed by atoms with Crippen LogP contribution in [-0.4, -0.2) is 0 Å². The van der Waals surface area contributed by atoms with E-state index in [0.717, 1.165) is 47.3 Å². The van der Waals surface area contributed by atoms with E-state index < -0.39 is 11.6 Å². The molecule has 3 aromatic carbocycles. The van der Waals surface area contributed by atoms with E-state index in [1.807, 2.05) is 24.3 Å². The average molecular weight is 517 g/mol. The van der Waals surface area contributed by atoms with Crippen molar-refractivity contribution in [3.05, 3.63) is 95.3 Å². The van der Waals surface area contributed by atoms with Crippen molar-refractivity contribution in [2.45, 2.75) is 77.6 Å². The van der Waals surface area contributed by atoms with Crippen LogP contribution in [0.15, 0.2) is 66.7 Å². The van der Waals surface area contributed by atoms with Crippen molar-refractivity contribution in [1.29, 1.82) is 0 Å². The molecule has 2 aliphatic rings. The van der Waals surface area contributed by atoms with Gasteiger partial charge in [0.2, 0.25) is 0 Å². The lowest BCUT2D eigenvalue weighted by Gasteiger charge is -2.37. The highest BCUT2D eigenvalue weighted by Gasteiger charge is 2.31. The molecule has 38 heavy (non-hydrogen) atoms. The van der Waals surface area contributed by atoms with E-state index in [0.29, 0.717) is 23.5 Å². The second-order valence-corrected chi connectivity index (χ2v) is 11.4. The minimum Gasteiger partial charge on any atom is -0.207 e. The summed E-state index contributed by atoms with van der Waals surface area (Å²) in [6.45, 7) is 3.92. The molecule has 0 bridgehead atoms. The zero-order valence-electron chi connectivity index (χ0n) is 22.7.